The van der Waals surface area contributed by atoms with E-state index in [1.807, 2.05) is 36.0 Å². The van der Waals surface area contributed by atoms with Crippen molar-refractivity contribution in [2.45, 2.75) is 33.2 Å². The summed E-state index contributed by atoms with van der Waals surface area (Å²) in [6.45, 7) is 7.30. The van der Waals surface area contributed by atoms with Gasteiger partial charge in [0.2, 0.25) is 0 Å². The molecule has 0 amide bonds. The maximum Gasteiger partial charge on any atom is 0.125 e. The van der Waals surface area contributed by atoms with E-state index in [1.165, 1.54) is 0 Å². The van der Waals surface area contributed by atoms with E-state index in [0.717, 1.165) is 35.7 Å². The number of hydrogen-bond acceptors (Lipinski definition) is 3. The number of ether oxygens (including phenoxy) is 1. The molecule has 2 aromatic rings. The number of benzene rings is 1. The van der Waals surface area contributed by atoms with Gasteiger partial charge >= 0.3 is 0 Å². The van der Waals surface area contributed by atoms with Crippen LogP contribution < -0.4 is 10.1 Å². The van der Waals surface area contributed by atoms with E-state index in [2.05, 4.69) is 30.3 Å². The van der Waals surface area contributed by atoms with Gasteiger partial charge in [-0.2, -0.15) is 5.10 Å². The molecule has 0 saturated heterocycles. The molecule has 1 N–H and O–H groups in total. The van der Waals surface area contributed by atoms with E-state index in [-0.39, 0.29) is 6.04 Å². The molecule has 4 heteroatoms. The molecule has 1 aromatic heterocycles. The minimum absolute atomic E-state index is 0.214. The number of nitrogens with one attached hydrogen (secondary N) is 1. The molecular weight excluding hydrogens is 250 g/mol. The van der Waals surface area contributed by atoms with Crippen molar-refractivity contribution in [2.75, 3.05) is 13.7 Å². The summed E-state index contributed by atoms with van der Waals surface area (Å²) in [4.78, 5) is 0. The average Bonchev–Trinajstić information content (AvgIpc) is 2.90. The van der Waals surface area contributed by atoms with Crippen LogP contribution in [-0.4, -0.2) is 23.4 Å². The Morgan fingerprint density at radius 1 is 1.35 bits per heavy atom. The van der Waals surface area contributed by atoms with Gasteiger partial charge in [-0.15, -0.1) is 0 Å². The van der Waals surface area contributed by atoms with Crippen LogP contribution in [0.3, 0.4) is 0 Å². The molecule has 0 saturated carbocycles. The van der Waals surface area contributed by atoms with Crippen LogP contribution in [-0.2, 0) is 0 Å². The van der Waals surface area contributed by atoms with Gasteiger partial charge in [0.25, 0.3) is 0 Å². The van der Waals surface area contributed by atoms with Gasteiger partial charge in [-0.1, -0.05) is 13.0 Å². The van der Waals surface area contributed by atoms with Gasteiger partial charge in [0.1, 0.15) is 5.75 Å². The fourth-order valence-electron chi connectivity index (χ4n) is 2.36. The minimum atomic E-state index is 0.214. The third kappa shape index (κ3) is 3.02. The van der Waals surface area contributed by atoms with Crippen LogP contribution >= 0.6 is 0 Å². The summed E-state index contributed by atoms with van der Waals surface area (Å²) in [6, 6.07) is 8.30. The standard InChI is InChI=1S/C16H23N3O/c1-5-10-17-13(3)16-14(7-6-8-15(16)20-4)19-11-9-12(2)18-19/h6-9,11,13,17H,5,10H2,1-4H3. The third-order valence-corrected chi connectivity index (χ3v) is 3.37. The lowest BCUT2D eigenvalue weighted by molar-refractivity contribution is 0.401. The fourth-order valence-corrected chi connectivity index (χ4v) is 2.36. The Kier molecular flexibility index (Phi) is 4.79. The summed E-state index contributed by atoms with van der Waals surface area (Å²) in [5.41, 5.74) is 3.22. The lowest BCUT2D eigenvalue weighted by Gasteiger charge is -2.20. The maximum absolute atomic E-state index is 5.53. The molecule has 0 aliphatic carbocycles. The first-order valence-corrected chi connectivity index (χ1v) is 7.10. The Morgan fingerprint density at radius 2 is 2.15 bits per heavy atom. The van der Waals surface area contributed by atoms with Crippen LogP contribution in [0, 0.1) is 6.92 Å². The molecular formula is C16H23N3O. The van der Waals surface area contributed by atoms with E-state index in [4.69, 9.17) is 4.74 Å². The summed E-state index contributed by atoms with van der Waals surface area (Å²) >= 11 is 0. The van der Waals surface area contributed by atoms with Gasteiger partial charge in [-0.25, -0.2) is 4.68 Å². The zero-order valence-electron chi connectivity index (χ0n) is 12.7. The maximum atomic E-state index is 5.53. The van der Waals surface area contributed by atoms with Gasteiger partial charge in [-0.3, -0.25) is 0 Å². The molecule has 0 aliphatic heterocycles. The van der Waals surface area contributed by atoms with E-state index in [1.54, 1.807) is 7.11 Å². The Bertz CT molecular complexity index is 563. The summed E-state index contributed by atoms with van der Waals surface area (Å²) in [7, 11) is 1.71. The largest absolute Gasteiger partial charge is 0.496 e. The Labute approximate surface area is 120 Å². The van der Waals surface area contributed by atoms with Crippen molar-refractivity contribution in [2.24, 2.45) is 0 Å². The lowest BCUT2D eigenvalue weighted by atomic mass is 10.0. The monoisotopic (exact) mass is 273 g/mol. The second-order valence-electron chi connectivity index (χ2n) is 4.97. The summed E-state index contributed by atoms with van der Waals surface area (Å²) < 4.78 is 7.45. The molecule has 2 rings (SSSR count). The summed E-state index contributed by atoms with van der Waals surface area (Å²) in [6.07, 6.45) is 3.09. The molecule has 0 aliphatic rings. The molecule has 1 unspecified atom stereocenters. The molecule has 0 fully saturated rings. The first-order valence-electron chi connectivity index (χ1n) is 7.10. The van der Waals surface area contributed by atoms with Crippen molar-refractivity contribution in [1.29, 1.82) is 0 Å². The van der Waals surface area contributed by atoms with Crippen molar-refractivity contribution < 1.29 is 4.74 Å². The highest BCUT2D eigenvalue weighted by atomic mass is 16.5. The van der Waals surface area contributed by atoms with Crippen LogP contribution in [0.2, 0.25) is 0 Å². The van der Waals surface area contributed by atoms with E-state index in [9.17, 15) is 0 Å². The van der Waals surface area contributed by atoms with Crippen LogP contribution in [0.15, 0.2) is 30.5 Å². The third-order valence-electron chi connectivity index (χ3n) is 3.37. The van der Waals surface area contributed by atoms with Gasteiger partial charge in [-0.05, 0) is 45.0 Å². The number of methoxy groups -OCH3 is 1. The van der Waals surface area contributed by atoms with Crippen molar-refractivity contribution in [1.82, 2.24) is 15.1 Å². The smallest absolute Gasteiger partial charge is 0.125 e. The zero-order valence-corrected chi connectivity index (χ0v) is 12.7. The number of nitrogens with zero attached hydrogens (tertiary/aromatic N) is 2. The second kappa shape index (κ2) is 6.57. The predicted molar refractivity (Wildman–Crippen MR) is 81.6 cm³/mol. The lowest BCUT2D eigenvalue weighted by Crippen LogP contribution is -2.21. The minimum Gasteiger partial charge on any atom is -0.496 e. The molecule has 0 radical (unpaired) electrons. The van der Waals surface area contributed by atoms with Crippen LogP contribution in [0.1, 0.15) is 37.6 Å². The van der Waals surface area contributed by atoms with Gasteiger partial charge < -0.3 is 10.1 Å². The summed E-state index contributed by atoms with van der Waals surface area (Å²) in [5.74, 6) is 0.895. The highest BCUT2D eigenvalue weighted by Gasteiger charge is 2.17. The molecule has 4 nitrogen and oxygen atoms in total. The molecule has 20 heavy (non-hydrogen) atoms. The Hall–Kier alpha value is -1.81. The van der Waals surface area contributed by atoms with Crippen LogP contribution in [0.5, 0.6) is 5.75 Å². The number of aryl methyl sites for hydroxylation is 1. The van der Waals surface area contributed by atoms with Crippen LogP contribution in [0.4, 0.5) is 0 Å². The van der Waals surface area contributed by atoms with E-state index >= 15 is 0 Å². The van der Waals surface area contributed by atoms with Crippen molar-refractivity contribution >= 4 is 0 Å². The number of hydrogen-bond donors (Lipinski definition) is 1. The summed E-state index contributed by atoms with van der Waals surface area (Å²) in [5, 5.41) is 8.03. The topological polar surface area (TPSA) is 39.1 Å². The SMILES string of the molecule is CCCNC(C)c1c(OC)cccc1-n1ccc(C)n1. The normalized spacial score (nSPS) is 12.4. The van der Waals surface area contributed by atoms with Gasteiger partial charge in [0.05, 0.1) is 18.5 Å². The van der Waals surface area contributed by atoms with Crippen molar-refractivity contribution in [3.8, 4) is 11.4 Å². The Morgan fingerprint density at radius 3 is 2.75 bits per heavy atom. The highest BCUT2D eigenvalue weighted by molar-refractivity contribution is 5.51. The average molecular weight is 273 g/mol. The fraction of sp³-hybridized carbons (Fsp3) is 0.438. The van der Waals surface area contributed by atoms with Crippen molar-refractivity contribution in [3.05, 3.63) is 41.7 Å². The Balaban J connectivity index is 2.45. The number of aromatic nitrogens is 2. The molecule has 1 atom stereocenters. The first kappa shape index (κ1) is 14.6. The molecule has 0 bridgehead atoms. The van der Waals surface area contributed by atoms with Crippen LogP contribution in [0.25, 0.3) is 5.69 Å². The second-order valence-corrected chi connectivity index (χ2v) is 4.97. The zero-order chi connectivity index (χ0) is 14.5. The van der Waals surface area contributed by atoms with E-state index < -0.39 is 0 Å². The van der Waals surface area contributed by atoms with E-state index in [0.29, 0.717) is 0 Å². The molecule has 1 aromatic carbocycles. The molecule has 108 valence electrons. The van der Waals surface area contributed by atoms with Gasteiger partial charge in [0, 0.05) is 17.8 Å². The number of rotatable bonds is 6. The first-order chi connectivity index (χ1) is 9.67. The highest BCUT2D eigenvalue weighted by Crippen LogP contribution is 2.30. The quantitative estimate of drug-likeness (QED) is 0.878. The van der Waals surface area contributed by atoms with Crippen molar-refractivity contribution in [3.63, 3.8) is 0 Å². The predicted octanol–water partition coefficient (Wildman–Crippen LogP) is 3.25. The molecule has 0 spiro atoms. The molecule has 1 heterocycles. The van der Waals surface area contributed by atoms with Gasteiger partial charge in [0.15, 0.2) is 0 Å².